The first kappa shape index (κ1) is 12.4. The Morgan fingerprint density at radius 2 is 2.18 bits per heavy atom. The van der Waals surface area contributed by atoms with Crippen molar-refractivity contribution < 1.29 is 4.79 Å². The lowest BCUT2D eigenvalue weighted by Gasteiger charge is -2.11. The van der Waals surface area contributed by atoms with E-state index in [1.807, 2.05) is 5.38 Å². The van der Waals surface area contributed by atoms with Gasteiger partial charge in [-0.05, 0) is 18.8 Å². The molecule has 2 amide bonds. The van der Waals surface area contributed by atoms with E-state index >= 15 is 0 Å². The zero-order valence-electron chi connectivity index (χ0n) is 10.3. The Hall–Kier alpha value is -1.10. The van der Waals surface area contributed by atoms with Crippen LogP contribution in [0.1, 0.15) is 51.1 Å². The maximum absolute atomic E-state index is 11.7. The lowest BCUT2D eigenvalue weighted by molar-refractivity contribution is 0.248. The van der Waals surface area contributed by atoms with Crippen LogP contribution in [0.2, 0.25) is 0 Å². The fraction of sp³-hybridized carbons (Fsp3) is 0.667. The molecule has 0 spiro atoms. The van der Waals surface area contributed by atoms with Gasteiger partial charge in [0.25, 0.3) is 0 Å². The summed E-state index contributed by atoms with van der Waals surface area (Å²) in [5.74, 6) is 0.402. The SMILES string of the molecule is CC(C)c1csc(NC(=O)NC2CCCC2)n1. The second-order valence-electron chi connectivity index (χ2n) is 4.81. The molecule has 2 rings (SSSR count). The van der Waals surface area contributed by atoms with Gasteiger partial charge in [-0.25, -0.2) is 9.78 Å². The summed E-state index contributed by atoms with van der Waals surface area (Å²) < 4.78 is 0. The third-order valence-corrected chi connectivity index (χ3v) is 3.80. The topological polar surface area (TPSA) is 54.0 Å². The van der Waals surface area contributed by atoms with Crippen LogP contribution in [0.3, 0.4) is 0 Å². The van der Waals surface area contributed by atoms with Crippen molar-refractivity contribution >= 4 is 22.5 Å². The van der Waals surface area contributed by atoms with Crippen molar-refractivity contribution in [1.82, 2.24) is 10.3 Å². The molecule has 1 aromatic rings. The van der Waals surface area contributed by atoms with Gasteiger partial charge in [0.05, 0.1) is 5.69 Å². The summed E-state index contributed by atoms with van der Waals surface area (Å²) in [5, 5.41) is 8.46. The predicted molar refractivity (Wildman–Crippen MR) is 70.6 cm³/mol. The van der Waals surface area contributed by atoms with Crippen molar-refractivity contribution in [2.24, 2.45) is 0 Å². The lowest BCUT2D eigenvalue weighted by Crippen LogP contribution is -2.36. The molecule has 17 heavy (non-hydrogen) atoms. The zero-order chi connectivity index (χ0) is 12.3. The Kier molecular flexibility index (Phi) is 3.99. The summed E-state index contributed by atoms with van der Waals surface area (Å²) in [5.41, 5.74) is 1.03. The van der Waals surface area contributed by atoms with E-state index in [1.165, 1.54) is 24.2 Å². The molecule has 1 aromatic heterocycles. The van der Waals surface area contributed by atoms with Crippen LogP contribution in [0.4, 0.5) is 9.93 Å². The fourth-order valence-electron chi connectivity index (χ4n) is 2.00. The minimum Gasteiger partial charge on any atom is -0.335 e. The minimum atomic E-state index is -0.124. The van der Waals surface area contributed by atoms with Crippen LogP contribution in [-0.4, -0.2) is 17.1 Å². The van der Waals surface area contributed by atoms with Crippen LogP contribution in [0, 0.1) is 0 Å². The Morgan fingerprint density at radius 1 is 1.47 bits per heavy atom. The van der Waals surface area contributed by atoms with Crippen molar-refractivity contribution in [1.29, 1.82) is 0 Å². The summed E-state index contributed by atoms with van der Waals surface area (Å²) in [7, 11) is 0. The van der Waals surface area contributed by atoms with Gasteiger partial charge < -0.3 is 5.32 Å². The number of amides is 2. The average Bonchev–Trinajstić information content (AvgIpc) is 2.88. The predicted octanol–water partition coefficient (Wildman–Crippen LogP) is 3.33. The second kappa shape index (κ2) is 5.49. The van der Waals surface area contributed by atoms with E-state index in [-0.39, 0.29) is 6.03 Å². The fourth-order valence-corrected chi connectivity index (χ4v) is 2.86. The van der Waals surface area contributed by atoms with Crippen LogP contribution in [-0.2, 0) is 0 Å². The monoisotopic (exact) mass is 253 g/mol. The summed E-state index contributed by atoms with van der Waals surface area (Å²) in [6.45, 7) is 4.19. The molecule has 0 aliphatic heterocycles. The maximum atomic E-state index is 11.7. The number of carbonyl (C=O) groups is 1. The van der Waals surface area contributed by atoms with E-state index in [1.54, 1.807) is 0 Å². The van der Waals surface area contributed by atoms with Gasteiger partial charge in [-0.3, -0.25) is 5.32 Å². The van der Waals surface area contributed by atoms with Gasteiger partial charge in [-0.1, -0.05) is 26.7 Å². The van der Waals surface area contributed by atoms with Gasteiger partial charge in [-0.2, -0.15) is 0 Å². The molecule has 0 radical (unpaired) electrons. The average molecular weight is 253 g/mol. The first-order valence-corrected chi connectivity index (χ1v) is 7.06. The second-order valence-corrected chi connectivity index (χ2v) is 5.67. The molecule has 0 saturated heterocycles. The molecule has 1 aliphatic rings. The summed E-state index contributed by atoms with van der Waals surface area (Å²) in [6.07, 6.45) is 4.64. The number of hydrogen-bond acceptors (Lipinski definition) is 3. The van der Waals surface area contributed by atoms with Crippen molar-refractivity contribution in [3.05, 3.63) is 11.1 Å². The largest absolute Gasteiger partial charge is 0.335 e. The molecule has 5 heteroatoms. The zero-order valence-corrected chi connectivity index (χ0v) is 11.1. The molecule has 4 nitrogen and oxygen atoms in total. The summed E-state index contributed by atoms with van der Waals surface area (Å²) in [4.78, 5) is 16.1. The third kappa shape index (κ3) is 3.43. The highest BCUT2D eigenvalue weighted by atomic mass is 32.1. The Bertz CT molecular complexity index is 383. The number of nitrogens with one attached hydrogen (secondary N) is 2. The van der Waals surface area contributed by atoms with E-state index < -0.39 is 0 Å². The molecular formula is C12H19N3OS. The normalized spacial score (nSPS) is 16.4. The number of aromatic nitrogens is 1. The van der Waals surface area contributed by atoms with E-state index in [4.69, 9.17) is 0 Å². The van der Waals surface area contributed by atoms with Gasteiger partial charge in [-0.15, -0.1) is 11.3 Å². The number of nitrogens with zero attached hydrogens (tertiary/aromatic N) is 1. The standard InChI is InChI=1S/C12H19N3OS/c1-8(2)10-7-17-12(14-10)15-11(16)13-9-5-3-4-6-9/h7-9H,3-6H2,1-2H3,(H2,13,14,15,16). The Balaban J connectivity index is 1.84. The van der Waals surface area contributed by atoms with Crippen LogP contribution in [0.5, 0.6) is 0 Å². The molecule has 1 heterocycles. The smallest absolute Gasteiger partial charge is 0.321 e. The molecule has 0 atom stereocenters. The molecule has 0 bridgehead atoms. The molecule has 94 valence electrons. The molecule has 0 aromatic carbocycles. The van der Waals surface area contributed by atoms with Crippen LogP contribution >= 0.6 is 11.3 Å². The number of urea groups is 1. The number of thiazole rings is 1. The molecule has 2 N–H and O–H groups in total. The Morgan fingerprint density at radius 3 is 2.76 bits per heavy atom. The van der Waals surface area contributed by atoms with Crippen molar-refractivity contribution in [2.75, 3.05) is 5.32 Å². The van der Waals surface area contributed by atoms with Gasteiger partial charge in [0, 0.05) is 11.4 Å². The van der Waals surface area contributed by atoms with Crippen molar-refractivity contribution in [3.8, 4) is 0 Å². The minimum absolute atomic E-state index is 0.124. The molecular weight excluding hydrogens is 234 g/mol. The summed E-state index contributed by atoms with van der Waals surface area (Å²) >= 11 is 1.48. The molecule has 0 unspecified atom stereocenters. The molecule has 1 saturated carbocycles. The number of anilines is 1. The van der Waals surface area contributed by atoms with E-state index in [9.17, 15) is 4.79 Å². The highest BCUT2D eigenvalue weighted by Gasteiger charge is 2.17. The van der Waals surface area contributed by atoms with Gasteiger partial charge in [0.15, 0.2) is 5.13 Å². The van der Waals surface area contributed by atoms with E-state index in [0.29, 0.717) is 17.1 Å². The van der Waals surface area contributed by atoms with Gasteiger partial charge in [0.1, 0.15) is 0 Å². The van der Waals surface area contributed by atoms with Gasteiger partial charge in [0.2, 0.25) is 0 Å². The quantitative estimate of drug-likeness (QED) is 0.868. The first-order chi connectivity index (χ1) is 8.15. The lowest BCUT2D eigenvalue weighted by atomic mass is 10.2. The molecule has 1 aliphatic carbocycles. The van der Waals surface area contributed by atoms with Crippen molar-refractivity contribution in [2.45, 2.75) is 51.5 Å². The van der Waals surface area contributed by atoms with E-state index in [0.717, 1.165) is 18.5 Å². The Labute approximate surface area is 106 Å². The number of hydrogen-bond donors (Lipinski definition) is 2. The van der Waals surface area contributed by atoms with Crippen LogP contribution < -0.4 is 10.6 Å². The highest BCUT2D eigenvalue weighted by molar-refractivity contribution is 7.13. The number of rotatable bonds is 3. The number of carbonyl (C=O) groups excluding carboxylic acids is 1. The van der Waals surface area contributed by atoms with Gasteiger partial charge >= 0.3 is 6.03 Å². The third-order valence-electron chi connectivity index (χ3n) is 3.02. The highest BCUT2D eigenvalue weighted by Crippen LogP contribution is 2.22. The van der Waals surface area contributed by atoms with E-state index in [2.05, 4.69) is 29.5 Å². The van der Waals surface area contributed by atoms with Crippen LogP contribution in [0.25, 0.3) is 0 Å². The summed E-state index contributed by atoms with van der Waals surface area (Å²) in [6, 6.07) is 0.223. The first-order valence-electron chi connectivity index (χ1n) is 6.18. The van der Waals surface area contributed by atoms with Crippen molar-refractivity contribution in [3.63, 3.8) is 0 Å². The van der Waals surface area contributed by atoms with Crippen LogP contribution in [0.15, 0.2) is 5.38 Å². The maximum Gasteiger partial charge on any atom is 0.321 e. The molecule has 1 fully saturated rings.